The standard InChI is InChI=1S/C19H19N3O4S3/c1-25-13-4-2-12(3-5-13)9-26-16(23)15-6-7-27-18-19(20,17(24)22(15)18)11-28-14-8-21-29-10-14/h2-6,8,10,18H,7,9,11,20H2,1H3/t18-,19?/m0/s1. The maximum Gasteiger partial charge on any atom is 0.355 e. The SMILES string of the molecule is COc1ccc(COC(=O)C2=CCS[C@@H]3N2C(=O)C3(N)CSc2cnsc2)cc1. The first-order chi connectivity index (χ1) is 14.0. The van der Waals surface area contributed by atoms with Crippen molar-refractivity contribution in [2.75, 3.05) is 18.6 Å². The van der Waals surface area contributed by atoms with E-state index in [1.807, 2.05) is 17.5 Å². The van der Waals surface area contributed by atoms with Crippen molar-refractivity contribution >= 4 is 46.9 Å². The number of hydrogen-bond acceptors (Lipinski definition) is 9. The van der Waals surface area contributed by atoms with Gasteiger partial charge in [0.1, 0.15) is 29.0 Å². The Balaban J connectivity index is 1.38. The van der Waals surface area contributed by atoms with Gasteiger partial charge in [-0.25, -0.2) is 4.79 Å². The number of aromatic nitrogens is 1. The highest BCUT2D eigenvalue weighted by molar-refractivity contribution is 8.01. The van der Waals surface area contributed by atoms with E-state index in [4.69, 9.17) is 15.2 Å². The Bertz CT molecular complexity index is 933. The van der Waals surface area contributed by atoms with Crippen molar-refractivity contribution in [1.29, 1.82) is 0 Å². The highest BCUT2D eigenvalue weighted by Crippen LogP contribution is 2.45. The molecule has 0 bridgehead atoms. The van der Waals surface area contributed by atoms with E-state index in [-0.39, 0.29) is 23.6 Å². The molecule has 1 saturated heterocycles. The minimum Gasteiger partial charge on any atom is -0.497 e. The lowest BCUT2D eigenvalue weighted by Crippen LogP contribution is -2.78. The second-order valence-electron chi connectivity index (χ2n) is 6.56. The fourth-order valence-electron chi connectivity index (χ4n) is 3.10. The molecule has 7 nitrogen and oxygen atoms in total. The van der Waals surface area contributed by atoms with Crippen LogP contribution in [0.4, 0.5) is 0 Å². The predicted molar refractivity (Wildman–Crippen MR) is 114 cm³/mol. The zero-order valence-electron chi connectivity index (χ0n) is 15.6. The molecule has 0 spiro atoms. The molecule has 3 heterocycles. The van der Waals surface area contributed by atoms with E-state index < -0.39 is 11.5 Å². The lowest BCUT2D eigenvalue weighted by molar-refractivity contribution is -0.155. The smallest absolute Gasteiger partial charge is 0.355 e. The number of nitrogens with zero attached hydrogens (tertiary/aromatic N) is 2. The van der Waals surface area contributed by atoms with Gasteiger partial charge < -0.3 is 15.2 Å². The van der Waals surface area contributed by atoms with E-state index in [1.165, 1.54) is 28.2 Å². The minimum atomic E-state index is -1.01. The van der Waals surface area contributed by atoms with E-state index >= 15 is 0 Å². The van der Waals surface area contributed by atoms with Crippen molar-refractivity contribution in [3.05, 3.63) is 53.2 Å². The maximum absolute atomic E-state index is 12.8. The third-order valence-corrected chi connectivity index (χ3v) is 7.93. The van der Waals surface area contributed by atoms with Crippen molar-refractivity contribution in [3.8, 4) is 5.75 Å². The number of rotatable bonds is 7. The zero-order chi connectivity index (χ0) is 20.4. The number of thioether (sulfide) groups is 2. The largest absolute Gasteiger partial charge is 0.497 e. The maximum atomic E-state index is 12.8. The molecule has 1 aromatic heterocycles. The van der Waals surface area contributed by atoms with Gasteiger partial charge in [0.15, 0.2) is 0 Å². The van der Waals surface area contributed by atoms with Crippen LogP contribution in [-0.4, -0.2) is 50.7 Å². The molecule has 1 unspecified atom stereocenters. The summed E-state index contributed by atoms with van der Waals surface area (Å²) < 4.78 is 14.6. The van der Waals surface area contributed by atoms with Crippen LogP contribution in [0.25, 0.3) is 0 Å². The summed E-state index contributed by atoms with van der Waals surface area (Å²) in [5.74, 6) is 1.00. The first-order valence-electron chi connectivity index (χ1n) is 8.79. The molecular formula is C19H19N3O4S3. The number of fused-ring (bicyclic) bond motifs is 1. The van der Waals surface area contributed by atoms with Gasteiger partial charge in [0.2, 0.25) is 0 Å². The third-order valence-electron chi connectivity index (χ3n) is 4.71. The molecule has 152 valence electrons. The second-order valence-corrected chi connectivity index (χ2v) is 9.38. The Morgan fingerprint density at radius 3 is 2.90 bits per heavy atom. The van der Waals surface area contributed by atoms with Crippen LogP contribution < -0.4 is 10.5 Å². The fourth-order valence-corrected chi connectivity index (χ4v) is 6.17. The Morgan fingerprint density at radius 1 is 1.41 bits per heavy atom. The number of methoxy groups -OCH3 is 1. The monoisotopic (exact) mass is 449 g/mol. The van der Waals surface area contributed by atoms with E-state index in [1.54, 1.807) is 43.3 Å². The lowest BCUT2D eigenvalue weighted by atomic mass is 9.90. The van der Waals surface area contributed by atoms with Gasteiger partial charge in [0.05, 0.1) is 13.3 Å². The van der Waals surface area contributed by atoms with E-state index in [9.17, 15) is 9.59 Å². The van der Waals surface area contributed by atoms with Crippen molar-refractivity contribution in [2.45, 2.75) is 22.4 Å². The molecule has 2 aromatic rings. The number of hydrogen-bond donors (Lipinski definition) is 1. The summed E-state index contributed by atoms with van der Waals surface area (Å²) >= 11 is 4.42. The molecule has 1 amide bonds. The van der Waals surface area contributed by atoms with Crippen molar-refractivity contribution in [2.24, 2.45) is 5.73 Å². The number of benzene rings is 1. The molecule has 0 saturated carbocycles. The van der Waals surface area contributed by atoms with Gasteiger partial charge in [0, 0.05) is 21.8 Å². The van der Waals surface area contributed by atoms with Crippen LogP contribution in [-0.2, 0) is 20.9 Å². The first kappa shape index (κ1) is 20.3. The van der Waals surface area contributed by atoms with Crippen LogP contribution in [0.3, 0.4) is 0 Å². The predicted octanol–water partition coefficient (Wildman–Crippen LogP) is 2.48. The summed E-state index contributed by atoms with van der Waals surface area (Å²) in [5.41, 5.74) is 6.54. The first-order valence-corrected chi connectivity index (χ1v) is 11.7. The highest BCUT2D eigenvalue weighted by Gasteiger charge is 2.61. The molecule has 0 aliphatic carbocycles. The van der Waals surface area contributed by atoms with Crippen molar-refractivity contribution in [1.82, 2.24) is 9.27 Å². The van der Waals surface area contributed by atoms with Gasteiger partial charge in [0.25, 0.3) is 5.91 Å². The van der Waals surface area contributed by atoms with Crippen LogP contribution in [0.2, 0.25) is 0 Å². The number of β-lactam (4-membered cyclic amide) rings is 1. The van der Waals surface area contributed by atoms with E-state index in [0.717, 1.165) is 16.2 Å². The van der Waals surface area contributed by atoms with E-state index in [0.29, 0.717) is 11.5 Å². The second kappa shape index (κ2) is 8.39. The van der Waals surface area contributed by atoms with Gasteiger partial charge in [-0.15, -0.1) is 23.5 Å². The van der Waals surface area contributed by atoms with Crippen molar-refractivity contribution < 1.29 is 19.1 Å². The molecule has 4 rings (SSSR count). The van der Waals surface area contributed by atoms with Crippen LogP contribution in [0.15, 0.2) is 52.5 Å². The average Bonchev–Trinajstić information content (AvgIpc) is 3.29. The number of carbonyl (C=O) groups is 2. The number of nitrogens with two attached hydrogens (primary N) is 1. The molecule has 2 N–H and O–H groups in total. The highest BCUT2D eigenvalue weighted by atomic mass is 32.2. The Kier molecular flexibility index (Phi) is 5.86. The molecule has 2 aliphatic heterocycles. The third kappa shape index (κ3) is 3.89. The molecule has 1 aromatic carbocycles. The van der Waals surface area contributed by atoms with Gasteiger partial charge in [-0.05, 0) is 35.3 Å². The van der Waals surface area contributed by atoms with Crippen molar-refractivity contribution in [3.63, 3.8) is 0 Å². The van der Waals surface area contributed by atoms with Crippen LogP contribution in [0, 0.1) is 0 Å². The zero-order valence-corrected chi connectivity index (χ0v) is 18.0. The minimum absolute atomic E-state index is 0.120. The number of esters is 1. The van der Waals surface area contributed by atoms with Crippen LogP contribution in [0.1, 0.15) is 5.56 Å². The fraction of sp³-hybridized carbons (Fsp3) is 0.316. The summed E-state index contributed by atoms with van der Waals surface area (Å²) in [6.07, 6.45) is 3.49. The summed E-state index contributed by atoms with van der Waals surface area (Å²) in [7, 11) is 1.59. The molecule has 29 heavy (non-hydrogen) atoms. The summed E-state index contributed by atoms with van der Waals surface area (Å²) in [5, 5.41) is 1.65. The number of carbonyl (C=O) groups excluding carboxylic acids is 2. The normalized spacial score (nSPS) is 23.1. The molecular weight excluding hydrogens is 430 g/mol. The Morgan fingerprint density at radius 2 is 2.21 bits per heavy atom. The lowest BCUT2D eigenvalue weighted by Gasteiger charge is -2.54. The molecule has 10 heteroatoms. The quantitative estimate of drug-likeness (QED) is 0.391. The summed E-state index contributed by atoms with van der Waals surface area (Å²) in [6.45, 7) is 0.120. The van der Waals surface area contributed by atoms with Gasteiger partial charge in [-0.2, -0.15) is 4.37 Å². The molecule has 2 aliphatic rings. The molecule has 2 atom stereocenters. The summed E-state index contributed by atoms with van der Waals surface area (Å²) in [4.78, 5) is 27.9. The van der Waals surface area contributed by atoms with Gasteiger partial charge >= 0.3 is 5.97 Å². The van der Waals surface area contributed by atoms with Gasteiger partial charge in [-0.1, -0.05) is 12.1 Å². The Labute approximate surface area is 180 Å². The number of amides is 1. The number of ether oxygens (including phenoxy) is 2. The molecule has 1 fully saturated rings. The molecule has 0 radical (unpaired) electrons. The Hall–Kier alpha value is -2.01. The average molecular weight is 450 g/mol. The summed E-state index contributed by atoms with van der Waals surface area (Å²) in [6, 6.07) is 7.27. The van der Waals surface area contributed by atoms with E-state index in [2.05, 4.69) is 4.37 Å². The van der Waals surface area contributed by atoms with Crippen LogP contribution >= 0.6 is 35.1 Å². The van der Waals surface area contributed by atoms with Crippen LogP contribution in [0.5, 0.6) is 5.75 Å². The topological polar surface area (TPSA) is 94.8 Å². The van der Waals surface area contributed by atoms with Gasteiger partial charge in [-0.3, -0.25) is 9.69 Å².